The van der Waals surface area contributed by atoms with Crippen molar-refractivity contribution in [1.82, 2.24) is 5.32 Å². The highest BCUT2D eigenvalue weighted by Crippen LogP contribution is 2.23. The number of aliphatic hydroxyl groups is 1. The van der Waals surface area contributed by atoms with Gasteiger partial charge in [-0.15, -0.1) is 12.4 Å². The van der Waals surface area contributed by atoms with E-state index in [1.807, 2.05) is 0 Å². The zero-order chi connectivity index (χ0) is 6.91. The minimum absolute atomic E-state index is 0. The third-order valence-electron chi connectivity index (χ3n) is 1.77. The molecule has 10 heavy (non-hydrogen) atoms. The molecular weight excluding hydrogens is 150 g/mol. The third-order valence-corrected chi connectivity index (χ3v) is 1.77. The summed E-state index contributed by atoms with van der Waals surface area (Å²) in [7, 11) is 0. The fraction of sp³-hybridized carbons (Fsp3) is 1.00. The topological polar surface area (TPSA) is 32.3 Å². The highest BCUT2D eigenvalue weighted by Gasteiger charge is 2.25. The Hall–Kier alpha value is 0.210. The molecule has 1 atom stereocenters. The van der Waals surface area contributed by atoms with E-state index in [0.29, 0.717) is 0 Å². The molecular formula is C7H16ClNO. The molecule has 1 aliphatic rings. The average Bonchev–Trinajstić information content (AvgIpc) is 1.60. The summed E-state index contributed by atoms with van der Waals surface area (Å²) in [5, 5.41) is 12.4. The first-order valence-electron chi connectivity index (χ1n) is 3.49. The third kappa shape index (κ3) is 2.86. The summed E-state index contributed by atoms with van der Waals surface area (Å²) in [5.41, 5.74) is 0.289. The molecule has 0 spiro atoms. The van der Waals surface area contributed by atoms with Crippen molar-refractivity contribution in [2.24, 2.45) is 5.41 Å². The molecule has 0 radical (unpaired) electrons. The molecule has 0 saturated carbocycles. The van der Waals surface area contributed by atoms with Crippen molar-refractivity contribution >= 4 is 12.4 Å². The van der Waals surface area contributed by atoms with E-state index in [-0.39, 0.29) is 23.9 Å². The van der Waals surface area contributed by atoms with Crippen molar-refractivity contribution in [3.8, 4) is 0 Å². The number of rotatable bonds is 0. The molecule has 2 N–H and O–H groups in total. The average molecular weight is 166 g/mol. The number of hydrogen-bond acceptors (Lipinski definition) is 2. The molecule has 1 fully saturated rings. The van der Waals surface area contributed by atoms with Crippen LogP contribution in [0.25, 0.3) is 0 Å². The van der Waals surface area contributed by atoms with Gasteiger partial charge in [0.05, 0.1) is 6.10 Å². The minimum Gasteiger partial charge on any atom is -0.392 e. The van der Waals surface area contributed by atoms with E-state index in [0.717, 1.165) is 19.5 Å². The maximum Gasteiger partial charge on any atom is 0.0670 e. The smallest absolute Gasteiger partial charge is 0.0670 e. The van der Waals surface area contributed by atoms with Crippen LogP contribution in [0.2, 0.25) is 0 Å². The van der Waals surface area contributed by atoms with Crippen LogP contribution in [0.1, 0.15) is 20.3 Å². The fourth-order valence-electron chi connectivity index (χ4n) is 1.36. The molecule has 0 aromatic heterocycles. The van der Waals surface area contributed by atoms with Crippen LogP contribution < -0.4 is 5.32 Å². The van der Waals surface area contributed by atoms with E-state index < -0.39 is 0 Å². The second-order valence-corrected chi connectivity index (χ2v) is 3.65. The van der Waals surface area contributed by atoms with E-state index in [9.17, 15) is 5.11 Å². The molecule has 3 heteroatoms. The Labute approximate surface area is 68.4 Å². The molecule has 0 aliphatic carbocycles. The lowest BCUT2D eigenvalue weighted by Gasteiger charge is -2.33. The molecule has 1 unspecified atom stereocenters. The first-order valence-corrected chi connectivity index (χ1v) is 3.49. The van der Waals surface area contributed by atoms with E-state index in [2.05, 4.69) is 19.2 Å². The molecule has 1 aliphatic heterocycles. The molecule has 0 aromatic carbocycles. The Morgan fingerprint density at radius 2 is 2.10 bits per heavy atom. The number of nitrogens with one attached hydrogen (secondary N) is 1. The van der Waals surface area contributed by atoms with Gasteiger partial charge in [0.2, 0.25) is 0 Å². The monoisotopic (exact) mass is 165 g/mol. The van der Waals surface area contributed by atoms with Gasteiger partial charge in [-0.3, -0.25) is 0 Å². The quantitative estimate of drug-likeness (QED) is 0.557. The van der Waals surface area contributed by atoms with Crippen LogP contribution in [0.5, 0.6) is 0 Å². The van der Waals surface area contributed by atoms with E-state index >= 15 is 0 Å². The van der Waals surface area contributed by atoms with E-state index in [1.54, 1.807) is 0 Å². The molecule has 1 heterocycles. The largest absolute Gasteiger partial charge is 0.392 e. The first kappa shape index (κ1) is 10.2. The molecule has 0 amide bonds. The summed E-state index contributed by atoms with van der Waals surface area (Å²) >= 11 is 0. The summed E-state index contributed by atoms with van der Waals surface area (Å²) in [6.45, 7) is 6.14. The lowest BCUT2D eigenvalue weighted by molar-refractivity contribution is 0.0806. The summed E-state index contributed by atoms with van der Waals surface area (Å²) in [6.07, 6.45) is 0.800. The van der Waals surface area contributed by atoms with Gasteiger partial charge in [0.15, 0.2) is 0 Å². The van der Waals surface area contributed by atoms with Gasteiger partial charge in [-0.1, -0.05) is 13.8 Å². The van der Waals surface area contributed by atoms with Gasteiger partial charge in [-0.2, -0.15) is 0 Å². The molecule has 62 valence electrons. The van der Waals surface area contributed by atoms with Gasteiger partial charge in [0.1, 0.15) is 0 Å². The van der Waals surface area contributed by atoms with Crippen molar-refractivity contribution in [3.05, 3.63) is 0 Å². The Kier molecular flexibility index (Phi) is 3.63. The summed E-state index contributed by atoms with van der Waals surface area (Å²) in [4.78, 5) is 0. The maximum atomic E-state index is 9.18. The highest BCUT2D eigenvalue weighted by atomic mass is 35.5. The van der Waals surface area contributed by atoms with Crippen molar-refractivity contribution < 1.29 is 5.11 Å². The molecule has 1 saturated heterocycles. The van der Waals surface area contributed by atoms with Crippen LogP contribution in [-0.4, -0.2) is 24.3 Å². The lowest BCUT2D eigenvalue weighted by Crippen LogP contribution is -2.43. The highest BCUT2D eigenvalue weighted by molar-refractivity contribution is 5.85. The van der Waals surface area contributed by atoms with Crippen LogP contribution in [0, 0.1) is 5.41 Å². The molecule has 0 aromatic rings. The van der Waals surface area contributed by atoms with Crippen LogP contribution in [0.15, 0.2) is 0 Å². The SMILES string of the molecule is CC1(C)CNCC(O)C1.Cl. The van der Waals surface area contributed by atoms with Gasteiger partial charge >= 0.3 is 0 Å². The van der Waals surface area contributed by atoms with Crippen molar-refractivity contribution in [2.75, 3.05) is 13.1 Å². The number of halogens is 1. The van der Waals surface area contributed by atoms with Crippen molar-refractivity contribution in [1.29, 1.82) is 0 Å². The maximum absolute atomic E-state index is 9.18. The van der Waals surface area contributed by atoms with Crippen LogP contribution in [0.3, 0.4) is 0 Å². The van der Waals surface area contributed by atoms with E-state index in [1.165, 1.54) is 0 Å². The second kappa shape index (κ2) is 3.56. The van der Waals surface area contributed by atoms with Gasteiger partial charge in [0, 0.05) is 13.1 Å². The van der Waals surface area contributed by atoms with Gasteiger partial charge in [0.25, 0.3) is 0 Å². The normalized spacial score (nSPS) is 30.9. The van der Waals surface area contributed by atoms with Gasteiger partial charge < -0.3 is 10.4 Å². The Morgan fingerprint density at radius 3 is 2.40 bits per heavy atom. The van der Waals surface area contributed by atoms with Crippen molar-refractivity contribution in [3.63, 3.8) is 0 Å². The van der Waals surface area contributed by atoms with E-state index in [4.69, 9.17) is 0 Å². The first-order chi connectivity index (χ1) is 4.10. The standard InChI is InChI=1S/C7H15NO.ClH/c1-7(2)3-6(9)4-8-5-7;/h6,8-9H,3-5H2,1-2H3;1H. The number of hydrogen-bond donors (Lipinski definition) is 2. The van der Waals surface area contributed by atoms with Crippen LogP contribution >= 0.6 is 12.4 Å². The summed E-state index contributed by atoms with van der Waals surface area (Å²) in [5.74, 6) is 0. The van der Waals surface area contributed by atoms with Crippen LogP contribution in [-0.2, 0) is 0 Å². The summed E-state index contributed by atoms with van der Waals surface area (Å²) in [6, 6.07) is 0. The molecule has 2 nitrogen and oxygen atoms in total. The second-order valence-electron chi connectivity index (χ2n) is 3.65. The molecule has 1 rings (SSSR count). The zero-order valence-corrected chi connectivity index (χ0v) is 7.37. The lowest BCUT2D eigenvalue weighted by atomic mass is 9.84. The van der Waals surface area contributed by atoms with Crippen LogP contribution in [0.4, 0.5) is 0 Å². The van der Waals surface area contributed by atoms with Crippen molar-refractivity contribution in [2.45, 2.75) is 26.4 Å². The Bertz CT molecular complexity index is 106. The number of aliphatic hydroxyl groups excluding tert-OH is 1. The minimum atomic E-state index is -0.131. The molecule has 0 bridgehead atoms. The fourth-order valence-corrected chi connectivity index (χ4v) is 1.36. The van der Waals surface area contributed by atoms with Gasteiger partial charge in [-0.05, 0) is 11.8 Å². The Balaban J connectivity index is 0.000000810. The zero-order valence-electron chi connectivity index (χ0n) is 6.55. The number of piperidine rings is 1. The number of β-amino-alcohol motifs (C(OH)–C–C–N with tert-alkyl or cyclic N) is 1. The Morgan fingerprint density at radius 1 is 1.50 bits per heavy atom. The van der Waals surface area contributed by atoms with Gasteiger partial charge in [-0.25, -0.2) is 0 Å². The summed E-state index contributed by atoms with van der Waals surface area (Å²) < 4.78 is 0. The predicted molar refractivity (Wildman–Crippen MR) is 44.5 cm³/mol. The predicted octanol–water partition coefficient (Wildman–Crippen LogP) is 0.789.